The fourth-order valence-corrected chi connectivity index (χ4v) is 3.76. The molecule has 6 heteroatoms. The van der Waals surface area contributed by atoms with Gasteiger partial charge in [0, 0.05) is 61.2 Å². The van der Waals surface area contributed by atoms with E-state index in [2.05, 4.69) is 34.1 Å². The summed E-state index contributed by atoms with van der Waals surface area (Å²) < 4.78 is 0. The summed E-state index contributed by atoms with van der Waals surface area (Å²) >= 11 is 1.90. The standard InChI is InChI=1S/C18H21N3O2S/c22-21(23)17-8-6-16(7-9-17)20-12-10-19(11-13-20)14-15-24-18-4-2-1-3-5-18/h1-9H,10-15H2. The summed E-state index contributed by atoms with van der Waals surface area (Å²) in [7, 11) is 0. The van der Waals surface area contributed by atoms with E-state index in [1.807, 2.05) is 30.0 Å². The van der Waals surface area contributed by atoms with Gasteiger partial charge in [-0.05, 0) is 24.3 Å². The number of hydrogen-bond donors (Lipinski definition) is 0. The van der Waals surface area contributed by atoms with Gasteiger partial charge in [-0.25, -0.2) is 0 Å². The third-order valence-corrected chi connectivity index (χ3v) is 5.21. The van der Waals surface area contributed by atoms with Crippen LogP contribution in [0.5, 0.6) is 0 Å². The molecule has 0 unspecified atom stereocenters. The van der Waals surface area contributed by atoms with Gasteiger partial charge >= 0.3 is 0 Å². The zero-order chi connectivity index (χ0) is 16.8. The zero-order valence-corrected chi connectivity index (χ0v) is 14.3. The first-order valence-corrected chi connectivity index (χ1v) is 9.10. The van der Waals surface area contributed by atoms with Crippen LogP contribution in [0, 0.1) is 10.1 Å². The molecule has 0 aromatic heterocycles. The molecule has 0 amide bonds. The molecule has 24 heavy (non-hydrogen) atoms. The van der Waals surface area contributed by atoms with Crippen molar-refractivity contribution in [3.8, 4) is 0 Å². The summed E-state index contributed by atoms with van der Waals surface area (Å²) in [6.45, 7) is 5.09. The number of thioether (sulfide) groups is 1. The van der Waals surface area contributed by atoms with Crippen molar-refractivity contribution >= 4 is 23.1 Å². The molecule has 1 heterocycles. The van der Waals surface area contributed by atoms with Crippen LogP contribution in [0.3, 0.4) is 0 Å². The molecule has 5 nitrogen and oxygen atoms in total. The summed E-state index contributed by atoms with van der Waals surface area (Å²) in [5.74, 6) is 1.10. The Morgan fingerprint density at radius 2 is 1.62 bits per heavy atom. The number of rotatable bonds is 6. The largest absolute Gasteiger partial charge is 0.369 e. The van der Waals surface area contributed by atoms with Crippen molar-refractivity contribution in [2.75, 3.05) is 43.4 Å². The number of non-ortho nitro benzene ring substituents is 1. The maximum absolute atomic E-state index is 10.7. The van der Waals surface area contributed by atoms with Gasteiger partial charge in [-0.3, -0.25) is 15.0 Å². The average Bonchev–Trinajstić information content (AvgIpc) is 2.63. The molecule has 0 radical (unpaired) electrons. The highest BCUT2D eigenvalue weighted by Gasteiger charge is 2.17. The smallest absolute Gasteiger partial charge is 0.269 e. The van der Waals surface area contributed by atoms with Crippen LogP contribution >= 0.6 is 11.8 Å². The van der Waals surface area contributed by atoms with E-state index in [4.69, 9.17) is 0 Å². The van der Waals surface area contributed by atoms with E-state index in [9.17, 15) is 10.1 Å². The van der Waals surface area contributed by atoms with E-state index >= 15 is 0 Å². The topological polar surface area (TPSA) is 49.6 Å². The van der Waals surface area contributed by atoms with E-state index in [0.717, 1.165) is 44.2 Å². The molecule has 3 rings (SSSR count). The molecule has 126 valence electrons. The van der Waals surface area contributed by atoms with Crippen LogP contribution < -0.4 is 4.90 Å². The summed E-state index contributed by atoms with van der Waals surface area (Å²) in [6, 6.07) is 17.3. The average molecular weight is 343 g/mol. The Labute approximate surface area is 146 Å². The quantitative estimate of drug-likeness (QED) is 0.456. The molecule has 0 N–H and O–H groups in total. The van der Waals surface area contributed by atoms with Crippen LogP contribution in [0.4, 0.5) is 11.4 Å². The molecular weight excluding hydrogens is 322 g/mol. The Balaban J connectivity index is 1.43. The van der Waals surface area contributed by atoms with Crippen LogP contribution in [0.15, 0.2) is 59.5 Å². The minimum atomic E-state index is -0.355. The Bertz CT molecular complexity index is 656. The van der Waals surface area contributed by atoms with Crippen molar-refractivity contribution in [1.82, 2.24) is 4.90 Å². The SMILES string of the molecule is O=[N+]([O-])c1ccc(N2CCN(CCSc3ccccc3)CC2)cc1. The molecule has 1 aliphatic heterocycles. The normalized spacial score (nSPS) is 15.4. The van der Waals surface area contributed by atoms with Gasteiger partial charge in [0.25, 0.3) is 5.69 Å². The monoisotopic (exact) mass is 343 g/mol. The minimum absolute atomic E-state index is 0.148. The van der Waals surface area contributed by atoms with Gasteiger partial charge in [0.05, 0.1) is 4.92 Å². The van der Waals surface area contributed by atoms with E-state index in [-0.39, 0.29) is 10.6 Å². The maximum atomic E-state index is 10.7. The number of nitro groups is 1. The fourth-order valence-electron chi connectivity index (χ4n) is 2.82. The van der Waals surface area contributed by atoms with Crippen molar-refractivity contribution in [1.29, 1.82) is 0 Å². The molecule has 0 saturated carbocycles. The maximum Gasteiger partial charge on any atom is 0.269 e. The van der Waals surface area contributed by atoms with E-state index in [1.54, 1.807) is 12.1 Å². The van der Waals surface area contributed by atoms with Crippen LogP contribution in [-0.2, 0) is 0 Å². The predicted octanol–water partition coefficient (Wildman–Crippen LogP) is 3.51. The molecule has 0 spiro atoms. The molecule has 2 aromatic rings. The van der Waals surface area contributed by atoms with Crippen molar-refractivity contribution in [3.63, 3.8) is 0 Å². The Morgan fingerprint density at radius 3 is 2.25 bits per heavy atom. The first-order chi connectivity index (χ1) is 11.7. The summed E-state index contributed by atoms with van der Waals surface area (Å²) in [6.07, 6.45) is 0. The summed E-state index contributed by atoms with van der Waals surface area (Å²) in [5, 5.41) is 10.7. The van der Waals surface area contributed by atoms with Crippen LogP contribution in [0.25, 0.3) is 0 Å². The summed E-state index contributed by atoms with van der Waals surface area (Å²) in [5.41, 5.74) is 1.22. The van der Waals surface area contributed by atoms with E-state index in [0.29, 0.717) is 0 Å². The third kappa shape index (κ3) is 4.49. The van der Waals surface area contributed by atoms with Gasteiger partial charge in [0.2, 0.25) is 0 Å². The molecule has 0 aliphatic carbocycles. The number of nitro benzene ring substituents is 1. The second kappa shape index (κ2) is 8.17. The summed E-state index contributed by atoms with van der Waals surface area (Å²) in [4.78, 5) is 16.5. The number of benzene rings is 2. The molecular formula is C18H21N3O2S. The number of anilines is 1. The molecule has 0 bridgehead atoms. The molecule has 1 saturated heterocycles. The van der Waals surface area contributed by atoms with E-state index in [1.165, 1.54) is 4.90 Å². The Hall–Kier alpha value is -2.05. The highest BCUT2D eigenvalue weighted by atomic mass is 32.2. The number of piperazine rings is 1. The second-order valence-electron chi connectivity index (χ2n) is 5.76. The first-order valence-electron chi connectivity index (χ1n) is 8.12. The van der Waals surface area contributed by atoms with Crippen molar-refractivity contribution < 1.29 is 4.92 Å². The van der Waals surface area contributed by atoms with Crippen molar-refractivity contribution in [2.45, 2.75) is 4.90 Å². The zero-order valence-electron chi connectivity index (χ0n) is 13.5. The third-order valence-electron chi connectivity index (χ3n) is 4.22. The van der Waals surface area contributed by atoms with Crippen molar-refractivity contribution in [2.24, 2.45) is 0 Å². The predicted molar refractivity (Wildman–Crippen MR) is 98.9 cm³/mol. The lowest BCUT2D eigenvalue weighted by atomic mass is 10.2. The van der Waals surface area contributed by atoms with E-state index < -0.39 is 0 Å². The Morgan fingerprint density at radius 1 is 0.958 bits per heavy atom. The number of nitrogens with zero attached hydrogens (tertiary/aromatic N) is 3. The lowest BCUT2D eigenvalue weighted by Gasteiger charge is -2.36. The first kappa shape index (κ1) is 16.8. The minimum Gasteiger partial charge on any atom is -0.369 e. The van der Waals surface area contributed by atoms with Crippen LogP contribution in [0.2, 0.25) is 0 Å². The van der Waals surface area contributed by atoms with Gasteiger partial charge in [0.15, 0.2) is 0 Å². The van der Waals surface area contributed by atoms with Crippen LogP contribution in [0.1, 0.15) is 0 Å². The van der Waals surface area contributed by atoms with Gasteiger partial charge in [-0.1, -0.05) is 18.2 Å². The van der Waals surface area contributed by atoms with Crippen LogP contribution in [-0.4, -0.2) is 48.3 Å². The molecule has 2 aromatic carbocycles. The Kier molecular flexibility index (Phi) is 5.72. The molecule has 1 fully saturated rings. The molecule has 1 aliphatic rings. The highest BCUT2D eigenvalue weighted by molar-refractivity contribution is 7.99. The second-order valence-corrected chi connectivity index (χ2v) is 6.93. The van der Waals surface area contributed by atoms with Gasteiger partial charge < -0.3 is 4.90 Å². The van der Waals surface area contributed by atoms with Gasteiger partial charge in [0.1, 0.15) is 0 Å². The van der Waals surface area contributed by atoms with Gasteiger partial charge in [-0.15, -0.1) is 11.8 Å². The fraction of sp³-hybridized carbons (Fsp3) is 0.333. The lowest BCUT2D eigenvalue weighted by molar-refractivity contribution is -0.384. The molecule has 0 atom stereocenters. The lowest BCUT2D eigenvalue weighted by Crippen LogP contribution is -2.47. The van der Waals surface area contributed by atoms with Gasteiger partial charge in [-0.2, -0.15) is 0 Å². The van der Waals surface area contributed by atoms with Crippen molar-refractivity contribution in [3.05, 3.63) is 64.7 Å². The number of hydrogen-bond acceptors (Lipinski definition) is 5. The highest BCUT2D eigenvalue weighted by Crippen LogP contribution is 2.21.